The largest absolute Gasteiger partial charge is 0.481 e. The molecule has 0 aromatic carbocycles. The molecule has 0 bridgehead atoms. The van der Waals surface area contributed by atoms with Crippen molar-refractivity contribution in [3.63, 3.8) is 0 Å². The Morgan fingerprint density at radius 2 is 1.17 bits per heavy atom. The Hall–Kier alpha value is -2.68. The number of nitrogens with two attached hydrogens (primary N) is 1. The van der Waals surface area contributed by atoms with Crippen LogP contribution in [0.3, 0.4) is 0 Å². The standard InChI is InChI=1S/C6H13NO2.2C3H4O2.C2H4O2/c1-4(2)3-5(7)6(8)9;2*1-2-3(4)5;1-2(3)4/h4-5H,3,7H2,1-2H3,(H,8,9);2*2H,1H2,(H,4,5);1H3,(H,3,4). The van der Waals surface area contributed by atoms with E-state index in [-0.39, 0.29) is 0 Å². The molecule has 0 aliphatic heterocycles. The number of hydrogen-bond donors (Lipinski definition) is 5. The van der Waals surface area contributed by atoms with Crippen LogP contribution in [0.5, 0.6) is 0 Å². The first-order valence-electron chi connectivity index (χ1n) is 6.20. The van der Waals surface area contributed by atoms with E-state index in [9.17, 15) is 14.4 Å². The average molecular weight is 335 g/mol. The average Bonchev–Trinajstić information content (AvgIpc) is 2.38. The number of rotatable bonds is 5. The van der Waals surface area contributed by atoms with E-state index in [4.69, 9.17) is 31.0 Å². The van der Waals surface area contributed by atoms with E-state index < -0.39 is 29.9 Å². The van der Waals surface area contributed by atoms with Crippen molar-refractivity contribution in [3.05, 3.63) is 25.3 Å². The van der Waals surface area contributed by atoms with E-state index >= 15 is 0 Å². The zero-order valence-electron chi connectivity index (χ0n) is 13.4. The van der Waals surface area contributed by atoms with Crippen molar-refractivity contribution in [2.75, 3.05) is 0 Å². The number of hydrogen-bond acceptors (Lipinski definition) is 5. The van der Waals surface area contributed by atoms with Gasteiger partial charge in [0.15, 0.2) is 0 Å². The predicted molar refractivity (Wildman–Crippen MR) is 84.0 cm³/mol. The number of aliphatic carboxylic acids is 4. The minimum atomic E-state index is -0.981. The molecule has 0 amide bonds. The fraction of sp³-hybridized carbons (Fsp3) is 0.429. The Bertz CT molecular complexity index is 368. The van der Waals surface area contributed by atoms with Crippen LogP contribution in [-0.4, -0.2) is 50.3 Å². The lowest BCUT2D eigenvalue weighted by Gasteiger charge is -2.07. The fourth-order valence-electron chi connectivity index (χ4n) is 0.609. The lowest BCUT2D eigenvalue weighted by molar-refractivity contribution is -0.139. The van der Waals surface area contributed by atoms with Gasteiger partial charge in [-0.1, -0.05) is 27.0 Å². The normalized spacial score (nSPS) is 9.26. The Kier molecular flexibility index (Phi) is 23.9. The number of carboxylic acid groups (broad SMARTS) is 4. The van der Waals surface area contributed by atoms with Gasteiger partial charge in [0.05, 0.1) is 0 Å². The molecular weight excluding hydrogens is 310 g/mol. The zero-order chi connectivity index (χ0) is 19.6. The lowest BCUT2D eigenvalue weighted by Crippen LogP contribution is -2.31. The topological polar surface area (TPSA) is 175 Å². The third-order valence-corrected chi connectivity index (χ3v) is 1.39. The molecule has 9 nitrogen and oxygen atoms in total. The maximum absolute atomic E-state index is 10.1. The van der Waals surface area contributed by atoms with E-state index in [1.165, 1.54) is 0 Å². The molecule has 0 spiro atoms. The first-order valence-corrected chi connectivity index (χ1v) is 6.20. The van der Waals surface area contributed by atoms with Gasteiger partial charge in [-0.15, -0.1) is 0 Å². The molecule has 6 N–H and O–H groups in total. The van der Waals surface area contributed by atoms with Crippen LogP contribution in [0.25, 0.3) is 0 Å². The van der Waals surface area contributed by atoms with Gasteiger partial charge in [-0.25, -0.2) is 9.59 Å². The Morgan fingerprint density at radius 1 is 0.957 bits per heavy atom. The van der Waals surface area contributed by atoms with E-state index in [0.717, 1.165) is 19.1 Å². The molecule has 134 valence electrons. The number of carbonyl (C=O) groups is 4. The van der Waals surface area contributed by atoms with Crippen molar-refractivity contribution in [2.24, 2.45) is 11.7 Å². The summed E-state index contributed by atoms with van der Waals surface area (Å²) in [6.45, 7) is 10.9. The molecule has 1 atom stereocenters. The molecule has 0 heterocycles. The third kappa shape index (κ3) is 66.7. The van der Waals surface area contributed by atoms with Gasteiger partial charge in [-0.2, -0.15) is 0 Å². The Balaban J connectivity index is -0.000000112. The van der Waals surface area contributed by atoms with Crippen LogP contribution in [0.1, 0.15) is 27.2 Å². The van der Waals surface area contributed by atoms with E-state index in [0.29, 0.717) is 12.3 Å². The molecule has 1 unspecified atom stereocenters. The third-order valence-electron chi connectivity index (χ3n) is 1.39. The van der Waals surface area contributed by atoms with Gasteiger partial charge in [0.1, 0.15) is 6.04 Å². The predicted octanol–water partition coefficient (Wildman–Crippen LogP) is 1.05. The molecule has 0 aliphatic carbocycles. The highest BCUT2D eigenvalue weighted by Gasteiger charge is 2.11. The highest BCUT2D eigenvalue weighted by molar-refractivity contribution is 5.79. The molecule has 0 rings (SSSR count). The second-order valence-corrected chi connectivity index (χ2v) is 4.18. The molecule has 9 heteroatoms. The first-order chi connectivity index (χ1) is 10.3. The molecule has 0 saturated heterocycles. The highest BCUT2D eigenvalue weighted by atomic mass is 16.4. The summed E-state index contributed by atoms with van der Waals surface area (Å²) in [6, 6.07) is -0.690. The van der Waals surface area contributed by atoms with Crippen LogP contribution in [0.15, 0.2) is 25.3 Å². The second-order valence-electron chi connectivity index (χ2n) is 4.18. The fourth-order valence-corrected chi connectivity index (χ4v) is 0.609. The van der Waals surface area contributed by atoms with Gasteiger partial charge >= 0.3 is 17.9 Å². The molecule has 0 aromatic heterocycles. The van der Waals surface area contributed by atoms with Crippen LogP contribution in [0.4, 0.5) is 0 Å². The van der Waals surface area contributed by atoms with Crippen molar-refractivity contribution < 1.29 is 39.6 Å². The van der Waals surface area contributed by atoms with E-state index in [2.05, 4.69) is 13.2 Å². The number of carboxylic acids is 4. The highest BCUT2D eigenvalue weighted by Crippen LogP contribution is 2.01. The molecular formula is C14H25NO8. The first kappa shape index (κ1) is 28.5. The minimum Gasteiger partial charge on any atom is -0.481 e. The summed E-state index contributed by atoms with van der Waals surface area (Å²) >= 11 is 0. The van der Waals surface area contributed by atoms with Crippen molar-refractivity contribution in [1.82, 2.24) is 0 Å². The maximum Gasteiger partial charge on any atom is 0.327 e. The molecule has 23 heavy (non-hydrogen) atoms. The summed E-state index contributed by atoms with van der Waals surface area (Å²) in [7, 11) is 0. The van der Waals surface area contributed by atoms with Crippen LogP contribution < -0.4 is 5.73 Å². The SMILES string of the molecule is C=CC(=O)O.C=CC(=O)O.CC(=O)O.CC(C)CC(N)C(=O)O. The van der Waals surface area contributed by atoms with Gasteiger partial charge in [-0.05, 0) is 12.3 Å². The van der Waals surface area contributed by atoms with Gasteiger partial charge < -0.3 is 26.2 Å². The Morgan fingerprint density at radius 3 is 1.22 bits per heavy atom. The maximum atomic E-state index is 10.1. The summed E-state index contributed by atoms with van der Waals surface area (Å²) in [6.07, 6.45) is 2.22. The van der Waals surface area contributed by atoms with Gasteiger partial charge in [0.25, 0.3) is 5.97 Å². The van der Waals surface area contributed by atoms with Crippen molar-refractivity contribution in [2.45, 2.75) is 33.2 Å². The second kappa shape index (κ2) is 19.3. The van der Waals surface area contributed by atoms with Crippen LogP contribution >= 0.6 is 0 Å². The van der Waals surface area contributed by atoms with Crippen molar-refractivity contribution >= 4 is 23.9 Å². The van der Waals surface area contributed by atoms with Crippen LogP contribution in [0, 0.1) is 5.92 Å². The van der Waals surface area contributed by atoms with E-state index in [1.54, 1.807) is 0 Å². The molecule has 0 aliphatic rings. The lowest BCUT2D eigenvalue weighted by atomic mass is 10.1. The smallest absolute Gasteiger partial charge is 0.327 e. The molecule has 0 aromatic rings. The van der Waals surface area contributed by atoms with Crippen molar-refractivity contribution in [1.29, 1.82) is 0 Å². The zero-order valence-corrected chi connectivity index (χ0v) is 13.4. The summed E-state index contributed by atoms with van der Waals surface area (Å²) in [5.41, 5.74) is 5.22. The molecule has 0 radical (unpaired) electrons. The summed E-state index contributed by atoms with van der Waals surface area (Å²) in [4.78, 5) is 37.6. The molecule has 0 saturated carbocycles. The van der Waals surface area contributed by atoms with E-state index in [1.807, 2.05) is 13.8 Å². The van der Waals surface area contributed by atoms with Crippen LogP contribution in [-0.2, 0) is 19.2 Å². The van der Waals surface area contributed by atoms with Gasteiger partial charge in [-0.3, -0.25) is 9.59 Å². The van der Waals surface area contributed by atoms with Gasteiger partial charge in [0, 0.05) is 19.1 Å². The summed E-state index contributed by atoms with van der Waals surface area (Å²) in [5, 5.41) is 30.9. The monoisotopic (exact) mass is 335 g/mol. The Labute approximate surface area is 134 Å². The minimum absolute atomic E-state index is 0.357. The van der Waals surface area contributed by atoms with Crippen LogP contribution in [0.2, 0.25) is 0 Å². The summed E-state index contributed by atoms with van der Waals surface area (Å²) in [5.74, 6) is -3.35. The van der Waals surface area contributed by atoms with Gasteiger partial charge in [0.2, 0.25) is 0 Å². The summed E-state index contributed by atoms with van der Waals surface area (Å²) < 4.78 is 0. The van der Waals surface area contributed by atoms with Crippen molar-refractivity contribution in [3.8, 4) is 0 Å². The quantitative estimate of drug-likeness (QED) is 0.459. The molecule has 0 fully saturated rings.